The van der Waals surface area contributed by atoms with E-state index in [2.05, 4.69) is 36.2 Å². The Hall–Kier alpha value is -0.380. The van der Waals surface area contributed by atoms with Gasteiger partial charge in [-0.25, -0.2) is 0 Å². The van der Waals surface area contributed by atoms with Gasteiger partial charge in [0.1, 0.15) is 0 Å². The van der Waals surface area contributed by atoms with Gasteiger partial charge in [0.2, 0.25) is 0 Å². The summed E-state index contributed by atoms with van der Waals surface area (Å²) in [5.41, 5.74) is 0. The molecule has 0 spiro atoms. The second-order valence-corrected chi connectivity index (χ2v) is 4.81. The lowest BCUT2D eigenvalue weighted by molar-refractivity contribution is 0.184. The molecule has 0 bridgehead atoms. The molecule has 17 heavy (non-hydrogen) atoms. The van der Waals surface area contributed by atoms with E-state index < -0.39 is 0 Å². The van der Waals surface area contributed by atoms with Gasteiger partial charge in [-0.15, -0.1) is 0 Å². The highest BCUT2D eigenvalue weighted by atomic mass is 16.3. The summed E-state index contributed by atoms with van der Waals surface area (Å²) in [4.78, 5) is 2.40. The molecule has 3 heteroatoms. The first-order valence-electron chi connectivity index (χ1n) is 7.03. The number of hydrogen-bond donors (Lipinski definition) is 2. The maximum Gasteiger partial charge on any atom is 0.0587 e. The fourth-order valence-corrected chi connectivity index (χ4v) is 2.51. The molecule has 2 unspecified atom stereocenters. The van der Waals surface area contributed by atoms with E-state index in [-0.39, 0.29) is 12.6 Å². The minimum Gasteiger partial charge on any atom is -0.395 e. The average Bonchev–Trinajstić information content (AvgIpc) is 2.40. The van der Waals surface area contributed by atoms with Crippen LogP contribution >= 0.6 is 0 Å². The molecule has 0 heterocycles. The van der Waals surface area contributed by atoms with E-state index in [0.717, 1.165) is 32.6 Å². The highest BCUT2D eigenvalue weighted by molar-refractivity contribution is 4.93. The molecule has 0 aromatic rings. The van der Waals surface area contributed by atoms with Crippen molar-refractivity contribution < 1.29 is 5.11 Å². The van der Waals surface area contributed by atoms with Crippen molar-refractivity contribution in [3.05, 3.63) is 12.2 Å². The van der Waals surface area contributed by atoms with Crippen LogP contribution in [0.4, 0.5) is 0 Å². The molecule has 1 aliphatic rings. The molecule has 0 radical (unpaired) electrons. The first-order valence-corrected chi connectivity index (χ1v) is 7.03. The van der Waals surface area contributed by atoms with Gasteiger partial charge in [0, 0.05) is 19.1 Å². The van der Waals surface area contributed by atoms with Crippen LogP contribution in [0.15, 0.2) is 12.2 Å². The predicted octanol–water partition coefficient (Wildman–Crippen LogP) is 1.63. The number of hydrogen-bond acceptors (Lipinski definition) is 3. The molecule has 1 rings (SSSR count). The lowest BCUT2D eigenvalue weighted by atomic mass is 9.88. The van der Waals surface area contributed by atoms with E-state index in [1.54, 1.807) is 0 Å². The molecule has 0 aliphatic heterocycles. The SMILES string of the molecule is CCN(CC)CCNC(CO)C1CC=CCC1. The number of likely N-dealkylation sites (N-methyl/N-ethyl adjacent to an activating group) is 1. The fourth-order valence-electron chi connectivity index (χ4n) is 2.51. The molecule has 0 amide bonds. The quantitative estimate of drug-likeness (QED) is 0.633. The van der Waals surface area contributed by atoms with Crippen molar-refractivity contribution in [3.63, 3.8) is 0 Å². The summed E-state index contributed by atoms with van der Waals surface area (Å²) in [6.45, 7) is 8.91. The van der Waals surface area contributed by atoms with E-state index in [1.807, 2.05) is 0 Å². The predicted molar refractivity (Wildman–Crippen MR) is 73.1 cm³/mol. The van der Waals surface area contributed by atoms with Gasteiger partial charge in [-0.3, -0.25) is 0 Å². The Balaban J connectivity index is 2.24. The number of allylic oxidation sites excluding steroid dienone is 2. The Labute approximate surface area is 106 Å². The molecule has 100 valence electrons. The van der Waals surface area contributed by atoms with Gasteiger partial charge in [0.05, 0.1) is 6.61 Å². The third kappa shape index (κ3) is 5.19. The lowest BCUT2D eigenvalue weighted by Gasteiger charge is -2.28. The van der Waals surface area contributed by atoms with Crippen molar-refractivity contribution in [2.24, 2.45) is 5.92 Å². The smallest absolute Gasteiger partial charge is 0.0587 e. The molecule has 3 nitrogen and oxygen atoms in total. The summed E-state index contributed by atoms with van der Waals surface area (Å²) in [5.74, 6) is 0.613. The van der Waals surface area contributed by atoms with Gasteiger partial charge in [0.25, 0.3) is 0 Å². The van der Waals surface area contributed by atoms with Crippen molar-refractivity contribution in [2.45, 2.75) is 39.2 Å². The van der Waals surface area contributed by atoms with Crippen molar-refractivity contribution in [3.8, 4) is 0 Å². The summed E-state index contributed by atoms with van der Waals surface area (Å²) in [6.07, 6.45) is 7.99. The molecular formula is C14H28N2O. The number of nitrogens with one attached hydrogen (secondary N) is 1. The Kier molecular flexibility index (Phi) is 7.49. The number of rotatable bonds is 8. The normalized spacial score (nSPS) is 22.0. The minimum absolute atomic E-state index is 0.261. The van der Waals surface area contributed by atoms with Crippen LogP contribution in [0, 0.1) is 5.92 Å². The zero-order valence-corrected chi connectivity index (χ0v) is 11.4. The molecule has 2 atom stereocenters. The maximum atomic E-state index is 9.46. The summed E-state index contributed by atoms with van der Waals surface area (Å²) in [7, 11) is 0. The Bertz CT molecular complexity index is 214. The van der Waals surface area contributed by atoms with Crippen molar-refractivity contribution in [2.75, 3.05) is 32.8 Å². The summed E-state index contributed by atoms with van der Waals surface area (Å²) >= 11 is 0. The largest absolute Gasteiger partial charge is 0.395 e. The molecule has 0 saturated heterocycles. The Morgan fingerprint density at radius 2 is 2.12 bits per heavy atom. The van der Waals surface area contributed by atoms with Gasteiger partial charge in [-0.2, -0.15) is 0 Å². The van der Waals surface area contributed by atoms with Crippen molar-refractivity contribution in [1.82, 2.24) is 10.2 Å². The summed E-state index contributed by atoms with van der Waals surface area (Å²) < 4.78 is 0. The summed E-state index contributed by atoms with van der Waals surface area (Å²) in [6, 6.07) is 0.274. The standard InChI is InChI=1S/C14H28N2O/c1-3-16(4-2)11-10-15-14(12-17)13-8-6-5-7-9-13/h5-6,13-15,17H,3-4,7-12H2,1-2H3. The molecule has 0 aromatic carbocycles. The first kappa shape index (κ1) is 14.7. The second-order valence-electron chi connectivity index (χ2n) is 4.81. The van der Waals surface area contributed by atoms with Gasteiger partial charge in [0.15, 0.2) is 0 Å². The van der Waals surface area contributed by atoms with Crippen LogP contribution < -0.4 is 5.32 Å². The van der Waals surface area contributed by atoms with Crippen LogP contribution in [-0.2, 0) is 0 Å². The lowest BCUT2D eigenvalue weighted by Crippen LogP contribution is -2.43. The third-order valence-corrected chi connectivity index (χ3v) is 3.80. The molecule has 0 aromatic heterocycles. The van der Waals surface area contributed by atoms with E-state index in [1.165, 1.54) is 12.8 Å². The van der Waals surface area contributed by atoms with Crippen LogP contribution in [0.5, 0.6) is 0 Å². The van der Waals surface area contributed by atoms with E-state index in [9.17, 15) is 5.11 Å². The van der Waals surface area contributed by atoms with Crippen LogP contribution in [0.3, 0.4) is 0 Å². The number of aliphatic hydroxyl groups excluding tert-OH is 1. The average molecular weight is 240 g/mol. The van der Waals surface area contributed by atoms with Crippen LogP contribution in [0.25, 0.3) is 0 Å². The number of aliphatic hydroxyl groups is 1. The van der Waals surface area contributed by atoms with Crippen molar-refractivity contribution in [1.29, 1.82) is 0 Å². The minimum atomic E-state index is 0.261. The Morgan fingerprint density at radius 1 is 1.35 bits per heavy atom. The van der Waals surface area contributed by atoms with Gasteiger partial charge in [-0.05, 0) is 38.3 Å². The molecule has 0 fully saturated rings. The fraction of sp³-hybridized carbons (Fsp3) is 0.857. The van der Waals surface area contributed by atoms with Crippen LogP contribution in [0.1, 0.15) is 33.1 Å². The van der Waals surface area contributed by atoms with E-state index in [0.29, 0.717) is 5.92 Å². The topological polar surface area (TPSA) is 35.5 Å². The monoisotopic (exact) mass is 240 g/mol. The van der Waals surface area contributed by atoms with Crippen LogP contribution in [-0.4, -0.2) is 48.8 Å². The molecule has 0 saturated carbocycles. The maximum absolute atomic E-state index is 9.46. The first-order chi connectivity index (χ1) is 8.31. The third-order valence-electron chi connectivity index (χ3n) is 3.80. The van der Waals surface area contributed by atoms with E-state index in [4.69, 9.17) is 0 Å². The van der Waals surface area contributed by atoms with Crippen molar-refractivity contribution >= 4 is 0 Å². The summed E-state index contributed by atoms with van der Waals surface area (Å²) in [5, 5.41) is 13.0. The van der Waals surface area contributed by atoms with Gasteiger partial charge < -0.3 is 15.3 Å². The molecule has 1 aliphatic carbocycles. The van der Waals surface area contributed by atoms with Gasteiger partial charge in [-0.1, -0.05) is 26.0 Å². The zero-order chi connectivity index (χ0) is 12.5. The highest BCUT2D eigenvalue weighted by Crippen LogP contribution is 2.21. The number of nitrogens with zero attached hydrogens (tertiary/aromatic N) is 1. The molecule has 2 N–H and O–H groups in total. The van der Waals surface area contributed by atoms with E-state index >= 15 is 0 Å². The second kappa shape index (κ2) is 8.67. The zero-order valence-electron chi connectivity index (χ0n) is 11.4. The highest BCUT2D eigenvalue weighted by Gasteiger charge is 2.20. The molecular weight excluding hydrogens is 212 g/mol. The van der Waals surface area contributed by atoms with Gasteiger partial charge >= 0.3 is 0 Å². The van der Waals surface area contributed by atoms with Crippen LogP contribution in [0.2, 0.25) is 0 Å². The Morgan fingerprint density at radius 3 is 2.65 bits per heavy atom.